The molecule has 0 saturated heterocycles. The third kappa shape index (κ3) is 1.82. The van der Waals surface area contributed by atoms with Crippen LogP contribution in [0.25, 0.3) is 0 Å². The highest BCUT2D eigenvalue weighted by Gasteiger charge is 2.45. The molecule has 1 aromatic rings. The van der Waals surface area contributed by atoms with E-state index in [1.807, 2.05) is 0 Å². The lowest BCUT2D eigenvalue weighted by Crippen LogP contribution is -2.21. The van der Waals surface area contributed by atoms with E-state index in [1.165, 1.54) is 37.7 Å². The number of rotatable bonds is 1. The van der Waals surface area contributed by atoms with Gasteiger partial charge in [0.1, 0.15) is 0 Å². The molecule has 0 radical (unpaired) electrons. The van der Waals surface area contributed by atoms with Crippen LogP contribution in [0, 0.1) is 5.92 Å². The van der Waals surface area contributed by atoms with E-state index in [0.717, 1.165) is 5.92 Å². The summed E-state index contributed by atoms with van der Waals surface area (Å²) < 4.78 is 0. The average molecular weight is 228 g/mol. The molecule has 0 atom stereocenters. The molecule has 0 nitrogen and oxygen atoms in total. The number of fused-ring (bicyclic) bond motifs is 2. The van der Waals surface area contributed by atoms with Crippen molar-refractivity contribution in [3.05, 3.63) is 35.4 Å². The third-order valence-electron chi connectivity index (χ3n) is 5.08. The van der Waals surface area contributed by atoms with E-state index in [-0.39, 0.29) is 5.41 Å². The van der Waals surface area contributed by atoms with E-state index in [0.29, 0.717) is 5.41 Å². The van der Waals surface area contributed by atoms with Crippen LogP contribution in [-0.4, -0.2) is 0 Å². The Morgan fingerprint density at radius 2 is 1.82 bits per heavy atom. The summed E-state index contributed by atoms with van der Waals surface area (Å²) >= 11 is 0. The second kappa shape index (κ2) is 3.60. The quantitative estimate of drug-likeness (QED) is 0.646. The topological polar surface area (TPSA) is 0 Å². The van der Waals surface area contributed by atoms with Crippen molar-refractivity contribution < 1.29 is 0 Å². The van der Waals surface area contributed by atoms with Gasteiger partial charge in [0, 0.05) is 0 Å². The van der Waals surface area contributed by atoms with Gasteiger partial charge in [-0.2, -0.15) is 0 Å². The van der Waals surface area contributed by atoms with Crippen LogP contribution in [-0.2, 0) is 10.8 Å². The van der Waals surface area contributed by atoms with Crippen molar-refractivity contribution in [2.24, 2.45) is 5.92 Å². The second-order valence-electron chi connectivity index (χ2n) is 7.26. The Morgan fingerprint density at radius 3 is 2.35 bits per heavy atom. The van der Waals surface area contributed by atoms with Crippen LogP contribution in [0.5, 0.6) is 0 Å². The zero-order chi connectivity index (χ0) is 12.1. The van der Waals surface area contributed by atoms with E-state index >= 15 is 0 Å². The summed E-state index contributed by atoms with van der Waals surface area (Å²) in [5.74, 6) is 1.04. The van der Waals surface area contributed by atoms with Crippen LogP contribution in [0.1, 0.15) is 64.0 Å². The van der Waals surface area contributed by atoms with Crippen molar-refractivity contribution in [3.8, 4) is 0 Å². The number of benzene rings is 1. The Morgan fingerprint density at radius 1 is 1.12 bits per heavy atom. The summed E-state index contributed by atoms with van der Waals surface area (Å²) in [5.41, 5.74) is 3.97. The summed E-state index contributed by atoms with van der Waals surface area (Å²) in [5, 5.41) is 0. The van der Waals surface area contributed by atoms with Crippen molar-refractivity contribution in [2.45, 2.75) is 63.7 Å². The zero-order valence-electron chi connectivity index (χ0n) is 11.4. The highest BCUT2D eigenvalue weighted by atomic mass is 14.5. The van der Waals surface area contributed by atoms with E-state index in [1.54, 1.807) is 5.56 Å². The van der Waals surface area contributed by atoms with Crippen LogP contribution in [0.2, 0.25) is 0 Å². The lowest BCUT2D eigenvalue weighted by Gasteiger charge is -2.29. The van der Waals surface area contributed by atoms with Crippen molar-refractivity contribution in [1.82, 2.24) is 0 Å². The second-order valence-corrected chi connectivity index (χ2v) is 7.26. The standard InChI is InChI=1S/C17H24/c1-16(2,3)14-5-4-6-15(11-14)17-9-7-13(12-17)8-10-17/h4-6,11,13H,7-10,12H2,1-3H3. The average Bonchev–Trinajstić information content (AvgIpc) is 2.89. The molecule has 2 aliphatic rings. The van der Waals surface area contributed by atoms with E-state index in [4.69, 9.17) is 0 Å². The maximum Gasteiger partial charge on any atom is -0.00440 e. The molecular formula is C17H24. The van der Waals surface area contributed by atoms with Gasteiger partial charge in [0.05, 0.1) is 0 Å². The first-order chi connectivity index (χ1) is 8.00. The van der Waals surface area contributed by atoms with E-state index < -0.39 is 0 Å². The largest absolute Gasteiger partial charge is 0.0617 e. The maximum atomic E-state index is 2.49. The van der Waals surface area contributed by atoms with Gasteiger partial charge in [0.25, 0.3) is 0 Å². The Balaban J connectivity index is 1.99. The minimum atomic E-state index is 0.281. The van der Waals surface area contributed by atoms with Gasteiger partial charge in [-0.1, -0.05) is 45.0 Å². The molecule has 0 heterocycles. The van der Waals surface area contributed by atoms with Gasteiger partial charge >= 0.3 is 0 Å². The predicted octanol–water partition coefficient (Wildman–Crippen LogP) is 4.82. The molecule has 3 rings (SSSR count). The summed E-state index contributed by atoms with van der Waals surface area (Å²) in [6.45, 7) is 6.95. The van der Waals surface area contributed by atoms with Crippen LogP contribution < -0.4 is 0 Å². The van der Waals surface area contributed by atoms with Crippen molar-refractivity contribution in [2.75, 3.05) is 0 Å². The summed E-state index contributed by atoms with van der Waals surface area (Å²) in [6.07, 6.45) is 7.27. The normalized spacial score (nSPS) is 32.1. The van der Waals surface area contributed by atoms with Gasteiger partial charge in [0.15, 0.2) is 0 Å². The molecule has 2 bridgehead atoms. The van der Waals surface area contributed by atoms with Crippen LogP contribution >= 0.6 is 0 Å². The molecule has 2 saturated carbocycles. The molecule has 17 heavy (non-hydrogen) atoms. The Labute approximate surface area is 105 Å². The minimum Gasteiger partial charge on any atom is -0.0617 e. The Kier molecular flexibility index (Phi) is 2.40. The van der Waals surface area contributed by atoms with E-state index in [2.05, 4.69) is 45.0 Å². The van der Waals surface area contributed by atoms with Crippen molar-refractivity contribution >= 4 is 0 Å². The third-order valence-corrected chi connectivity index (χ3v) is 5.08. The molecule has 0 unspecified atom stereocenters. The summed E-state index contributed by atoms with van der Waals surface area (Å²) in [7, 11) is 0. The number of hydrogen-bond acceptors (Lipinski definition) is 0. The molecule has 2 aliphatic carbocycles. The summed E-state index contributed by atoms with van der Waals surface area (Å²) in [4.78, 5) is 0. The highest BCUT2D eigenvalue weighted by molar-refractivity contribution is 5.35. The van der Waals surface area contributed by atoms with E-state index in [9.17, 15) is 0 Å². The van der Waals surface area contributed by atoms with Crippen LogP contribution in [0.3, 0.4) is 0 Å². The zero-order valence-corrected chi connectivity index (χ0v) is 11.4. The fourth-order valence-corrected chi connectivity index (χ4v) is 3.91. The Bertz CT molecular complexity index is 414. The lowest BCUT2D eigenvalue weighted by atomic mass is 9.75. The molecule has 92 valence electrons. The molecule has 0 N–H and O–H groups in total. The molecule has 0 heteroatoms. The van der Waals surface area contributed by atoms with Gasteiger partial charge in [0.2, 0.25) is 0 Å². The molecule has 0 aromatic heterocycles. The summed E-state index contributed by atoms with van der Waals surface area (Å²) in [6, 6.07) is 9.44. The van der Waals surface area contributed by atoms with Crippen LogP contribution in [0.15, 0.2) is 24.3 Å². The van der Waals surface area contributed by atoms with Gasteiger partial charge in [-0.05, 0) is 60.0 Å². The first kappa shape index (κ1) is 11.3. The van der Waals surface area contributed by atoms with Crippen LogP contribution in [0.4, 0.5) is 0 Å². The maximum absolute atomic E-state index is 2.49. The molecule has 2 fully saturated rings. The smallest absolute Gasteiger partial charge is 0.00440 e. The van der Waals surface area contributed by atoms with Gasteiger partial charge in [-0.15, -0.1) is 0 Å². The lowest BCUT2D eigenvalue weighted by molar-refractivity contribution is 0.418. The SMILES string of the molecule is CC(C)(C)c1cccc(C23CCC(CC2)C3)c1. The number of hydrogen-bond donors (Lipinski definition) is 0. The monoisotopic (exact) mass is 228 g/mol. The fraction of sp³-hybridized carbons (Fsp3) is 0.647. The molecular weight excluding hydrogens is 204 g/mol. The van der Waals surface area contributed by atoms with Crippen molar-refractivity contribution in [3.63, 3.8) is 0 Å². The highest BCUT2D eigenvalue weighted by Crippen LogP contribution is 2.55. The molecule has 0 aliphatic heterocycles. The first-order valence-corrected chi connectivity index (χ1v) is 7.11. The minimum absolute atomic E-state index is 0.281. The predicted molar refractivity (Wildman–Crippen MR) is 73.4 cm³/mol. The fourth-order valence-electron chi connectivity index (χ4n) is 3.91. The first-order valence-electron chi connectivity index (χ1n) is 7.11. The molecule has 0 spiro atoms. The van der Waals surface area contributed by atoms with Gasteiger partial charge in [-0.25, -0.2) is 0 Å². The Hall–Kier alpha value is -0.780. The molecule has 1 aromatic carbocycles. The van der Waals surface area contributed by atoms with Gasteiger partial charge in [-0.3, -0.25) is 0 Å². The van der Waals surface area contributed by atoms with Gasteiger partial charge < -0.3 is 0 Å². The van der Waals surface area contributed by atoms with Crippen molar-refractivity contribution in [1.29, 1.82) is 0 Å². The molecule has 0 amide bonds.